The Morgan fingerprint density at radius 2 is 1.55 bits per heavy atom. The average molecular weight is 265 g/mol. The normalized spacial score (nSPS) is 33.9. The minimum absolute atomic E-state index is 0.0248. The third-order valence-corrected chi connectivity index (χ3v) is 4.86. The maximum atomic E-state index is 12.6. The average Bonchev–Trinajstić information content (AvgIpc) is 3.14. The van der Waals surface area contributed by atoms with E-state index in [1.54, 1.807) is 6.08 Å². The van der Waals surface area contributed by atoms with Gasteiger partial charge in [-0.1, -0.05) is 36.9 Å². The monoisotopic (exact) mass is 265 g/mol. The lowest BCUT2D eigenvalue weighted by Crippen LogP contribution is -2.32. The van der Waals surface area contributed by atoms with E-state index in [1.807, 2.05) is 24.3 Å². The Labute approximate surface area is 117 Å². The van der Waals surface area contributed by atoms with Crippen molar-refractivity contribution in [2.24, 2.45) is 23.7 Å². The molecule has 2 amide bonds. The number of hydrogen-bond acceptors (Lipinski definition) is 2. The molecule has 3 aliphatic rings. The lowest BCUT2D eigenvalue weighted by Gasteiger charge is -2.17. The largest absolute Gasteiger partial charge is 0.274 e. The summed E-state index contributed by atoms with van der Waals surface area (Å²) in [7, 11) is 0. The highest BCUT2D eigenvalue weighted by atomic mass is 16.2. The lowest BCUT2D eigenvalue weighted by atomic mass is 9.85. The standard InChI is InChI=1S/C17H15NO2/c1-2-10-3-7-13(8-4-10)18-16(19)14-11-5-6-12(9-11)15(14)17(18)20/h2-8,11-12,14-15H,1,9H2. The molecule has 0 radical (unpaired) electrons. The predicted octanol–water partition coefficient (Wildman–Crippen LogP) is 2.64. The first kappa shape index (κ1) is 11.6. The molecule has 4 unspecified atom stereocenters. The van der Waals surface area contributed by atoms with Crippen LogP contribution in [0.3, 0.4) is 0 Å². The molecule has 2 aliphatic carbocycles. The van der Waals surface area contributed by atoms with Crippen LogP contribution in [0.15, 0.2) is 43.0 Å². The van der Waals surface area contributed by atoms with Gasteiger partial charge in [0.15, 0.2) is 0 Å². The smallest absolute Gasteiger partial charge is 0.238 e. The molecule has 0 spiro atoms. The molecule has 1 saturated heterocycles. The summed E-state index contributed by atoms with van der Waals surface area (Å²) in [5.41, 5.74) is 1.66. The van der Waals surface area contributed by atoms with Crippen LogP contribution >= 0.6 is 0 Å². The van der Waals surface area contributed by atoms with Crippen molar-refractivity contribution in [3.63, 3.8) is 0 Å². The molecular weight excluding hydrogens is 250 g/mol. The molecule has 3 nitrogen and oxygen atoms in total. The zero-order chi connectivity index (χ0) is 13.9. The van der Waals surface area contributed by atoms with Gasteiger partial charge in [0.25, 0.3) is 0 Å². The first-order valence-corrected chi connectivity index (χ1v) is 6.99. The van der Waals surface area contributed by atoms with Gasteiger partial charge >= 0.3 is 0 Å². The van der Waals surface area contributed by atoms with Crippen molar-refractivity contribution in [3.05, 3.63) is 48.6 Å². The van der Waals surface area contributed by atoms with Gasteiger partial charge in [-0.15, -0.1) is 0 Å². The van der Waals surface area contributed by atoms with Crippen molar-refractivity contribution < 1.29 is 9.59 Å². The topological polar surface area (TPSA) is 37.4 Å². The van der Waals surface area contributed by atoms with E-state index in [9.17, 15) is 9.59 Å². The minimum Gasteiger partial charge on any atom is -0.274 e. The van der Waals surface area contributed by atoms with Crippen LogP contribution in [0.5, 0.6) is 0 Å². The third-order valence-electron chi connectivity index (χ3n) is 4.86. The number of fused-ring (bicyclic) bond motifs is 5. The fraction of sp³-hybridized carbons (Fsp3) is 0.294. The van der Waals surface area contributed by atoms with Gasteiger partial charge in [0, 0.05) is 0 Å². The number of rotatable bonds is 2. The fourth-order valence-corrected chi connectivity index (χ4v) is 3.92. The van der Waals surface area contributed by atoms with Crippen LogP contribution in [0.4, 0.5) is 5.69 Å². The van der Waals surface area contributed by atoms with Crippen molar-refractivity contribution >= 4 is 23.6 Å². The quantitative estimate of drug-likeness (QED) is 0.609. The van der Waals surface area contributed by atoms with Gasteiger partial charge < -0.3 is 0 Å². The number of amides is 2. The summed E-state index contributed by atoms with van der Waals surface area (Å²) in [5.74, 6) is 0.220. The van der Waals surface area contributed by atoms with Gasteiger partial charge in [-0.05, 0) is 36.0 Å². The Balaban J connectivity index is 1.71. The molecule has 2 bridgehead atoms. The summed E-state index contributed by atoms with van der Waals surface area (Å²) in [6.45, 7) is 3.71. The SMILES string of the molecule is C=Cc1ccc(N2C(=O)C3C4C=CC(C4)C3C2=O)cc1. The molecule has 4 rings (SSSR count). The van der Waals surface area contributed by atoms with Gasteiger partial charge in [0.05, 0.1) is 17.5 Å². The molecule has 100 valence electrons. The predicted molar refractivity (Wildman–Crippen MR) is 76.7 cm³/mol. The van der Waals surface area contributed by atoms with Gasteiger partial charge in [0.2, 0.25) is 11.8 Å². The number of imide groups is 1. The van der Waals surface area contributed by atoms with E-state index in [0.29, 0.717) is 5.69 Å². The molecule has 0 N–H and O–H groups in total. The van der Waals surface area contributed by atoms with E-state index in [2.05, 4.69) is 18.7 Å². The number of allylic oxidation sites excluding steroid dienone is 2. The van der Waals surface area contributed by atoms with E-state index >= 15 is 0 Å². The van der Waals surface area contributed by atoms with E-state index in [-0.39, 0.29) is 35.5 Å². The Morgan fingerprint density at radius 3 is 2.05 bits per heavy atom. The van der Waals surface area contributed by atoms with Crippen LogP contribution in [0, 0.1) is 23.7 Å². The van der Waals surface area contributed by atoms with Crippen LogP contribution in [-0.4, -0.2) is 11.8 Å². The van der Waals surface area contributed by atoms with E-state index < -0.39 is 0 Å². The number of benzene rings is 1. The highest BCUT2D eigenvalue weighted by molar-refractivity contribution is 6.22. The maximum Gasteiger partial charge on any atom is 0.238 e. The second-order valence-electron chi connectivity index (χ2n) is 5.81. The number of nitrogens with zero attached hydrogens (tertiary/aromatic N) is 1. The molecule has 1 heterocycles. The van der Waals surface area contributed by atoms with Crippen LogP contribution < -0.4 is 4.90 Å². The summed E-state index contributed by atoms with van der Waals surface area (Å²) in [6, 6.07) is 7.40. The Bertz CT molecular complexity index is 613. The number of carbonyl (C=O) groups excluding carboxylic acids is 2. The number of carbonyl (C=O) groups is 2. The fourth-order valence-electron chi connectivity index (χ4n) is 3.92. The molecule has 1 saturated carbocycles. The Hall–Kier alpha value is -2.16. The highest BCUT2D eigenvalue weighted by Gasteiger charge is 2.59. The molecule has 4 atom stereocenters. The molecule has 1 aromatic rings. The molecule has 1 aromatic carbocycles. The van der Waals surface area contributed by atoms with E-state index in [4.69, 9.17) is 0 Å². The maximum absolute atomic E-state index is 12.6. The molecule has 1 aliphatic heterocycles. The molecule has 3 heteroatoms. The molecule has 20 heavy (non-hydrogen) atoms. The summed E-state index contributed by atoms with van der Waals surface area (Å²) in [4.78, 5) is 26.6. The minimum atomic E-state index is -0.128. The Morgan fingerprint density at radius 1 is 1.00 bits per heavy atom. The summed E-state index contributed by atoms with van der Waals surface area (Å²) in [5, 5.41) is 0. The van der Waals surface area contributed by atoms with Gasteiger partial charge in [-0.3, -0.25) is 14.5 Å². The third kappa shape index (κ3) is 1.35. The summed E-state index contributed by atoms with van der Waals surface area (Å²) < 4.78 is 0. The van der Waals surface area contributed by atoms with Gasteiger partial charge in [-0.25, -0.2) is 0 Å². The second-order valence-corrected chi connectivity index (χ2v) is 5.81. The lowest BCUT2D eigenvalue weighted by molar-refractivity contribution is -0.123. The van der Waals surface area contributed by atoms with E-state index in [1.165, 1.54) is 4.90 Å². The summed E-state index contributed by atoms with van der Waals surface area (Å²) in [6.07, 6.45) is 6.94. The van der Waals surface area contributed by atoms with E-state index in [0.717, 1.165) is 12.0 Å². The van der Waals surface area contributed by atoms with Crippen molar-refractivity contribution in [2.45, 2.75) is 6.42 Å². The molecule has 0 aromatic heterocycles. The van der Waals surface area contributed by atoms with Gasteiger partial charge in [0.1, 0.15) is 0 Å². The second kappa shape index (κ2) is 3.92. The zero-order valence-electron chi connectivity index (χ0n) is 11.0. The van der Waals surface area contributed by atoms with Crippen molar-refractivity contribution in [3.8, 4) is 0 Å². The molecule has 2 fully saturated rings. The van der Waals surface area contributed by atoms with Gasteiger partial charge in [-0.2, -0.15) is 0 Å². The van der Waals surface area contributed by atoms with Crippen LogP contribution in [0.25, 0.3) is 6.08 Å². The van der Waals surface area contributed by atoms with Crippen LogP contribution in [0.2, 0.25) is 0 Å². The van der Waals surface area contributed by atoms with Crippen molar-refractivity contribution in [1.82, 2.24) is 0 Å². The first-order chi connectivity index (χ1) is 9.70. The number of hydrogen-bond donors (Lipinski definition) is 0. The summed E-state index contributed by atoms with van der Waals surface area (Å²) >= 11 is 0. The van der Waals surface area contributed by atoms with Crippen molar-refractivity contribution in [1.29, 1.82) is 0 Å². The van der Waals surface area contributed by atoms with Crippen LogP contribution in [-0.2, 0) is 9.59 Å². The van der Waals surface area contributed by atoms with Crippen molar-refractivity contribution in [2.75, 3.05) is 4.90 Å². The first-order valence-electron chi connectivity index (χ1n) is 6.99. The highest BCUT2D eigenvalue weighted by Crippen LogP contribution is 2.53. The zero-order valence-corrected chi connectivity index (χ0v) is 11.0. The Kier molecular flexibility index (Phi) is 2.28. The molecular formula is C17H15NO2. The van der Waals surface area contributed by atoms with Crippen LogP contribution in [0.1, 0.15) is 12.0 Å². The number of anilines is 1.